The third-order valence-corrected chi connectivity index (χ3v) is 4.26. The van der Waals surface area contributed by atoms with E-state index in [2.05, 4.69) is 58.1 Å². The van der Waals surface area contributed by atoms with Crippen molar-refractivity contribution in [1.29, 1.82) is 0 Å². The minimum absolute atomic E-state index is 0.171. The molecule has 1 heterocycles. The maximum atomic E-state index is 12.1. The molecule has 1 aromatic carbocycles. The molecule has 1 amide bonds. The first-order valence-corrected chi connectivity index (χ1v) is 7.81. The van der Waals surface area contributed by atoms with E-state index in [1.807, 2.05) is 12.1 Å². The van der Waals surface area contributed by atoms with Crippen molar-refractivity contribution in [1.82, 2.24) is 4.98 Å². The van der Waals surface area contributed by atoms with Gasteiger partial charge < -0.3 is 5.32 Å². The summed E-state index contributed by atoms with van der Waals surface area (Å²) in [5, 5.41) is 2.96. The number of anilines is 1. The number of rotatable bonds is 2. The fourth-order valence-electron chi connectivity index (χ4n) is 1.40. The van der Waals surface area contributed by atoms with Crippen LogP contribution in [-0.4, -0.2) is 10.9 Å². The van der Waals surface area contributed by atoms with Crippen LogP contribution in [0.25, 0.3) is 0 Å². The molecule has 1 N–H and O–H groups in total. The highest BCUT2D eigenvalue weighted by molar-refractivity contribution is 9.11. The molecule has 0 saturated heterocycles. The van der Waals surface area contributed by atoms with Crippen LogP contribution in [0.1, 0.15) is 10.4 Å². The van der Waals surface area contributed by atoms with Gasteiger partial charge in [-0.2, -0.15) is 0 Å². The average molecular weight is 469 g/mol. The van der Waals surface area contributed by atoms with Crippen molar-refractivity contribution >= 4 is 71.0 Å². The van der Waals surface area contributed by atoms with Gasteiger partial charge in [-0.05, 0) is 56.1 Å². The summed E-state index contributed by atoms with van der Waals surface area (Å²) in [6, 6.07) is 6.95. The van der Waals surface area contributed by atoms with E-state index in [4.69, 9.17) is 11.6 Å². The summed E-state index contributed by atoms with van der Waals surface area (Å²) in [7, 11) is 0. The Kier molecular flexibility index (Phi) is 5.00. The maximum absolute atomic E-state index is 12.1. The van der Waals surface area contributed by atoms with Crippen LogP contribution in [0.4, 0.5) is 5.69 Å². The van der Waals surface area contributed by atoms with Crippen molar-refractivity contribution in [2.24, 2.45) is 0 Å². The summed E-state index contributed by atoms with van der Waals surface area (Å²) in [6.45, 7) is 0. The van der Waals surface area contributed by atoms with Crippen LogP contribution in [0.2, 0.25) is 5.15 Å². The highest BCUT2D eigenvalue weighted by Gasteiger charge is 2.14. The van der Waals surface area contributed by atoms with Gasteiger partial charge in [0.2, 0.25) is 0 Å². The second-order valence-electron chi connectivity index (χ2n) is 3.54. The number of nitrogens with one attached hydrogen (secondary N) is 1. The second-order valence-corrected chi connectivity index (χ2v) is 6.52. The molecular formula is C12H6Br3ClN2O. The normalized spacial score (nSPS) is 10.3. The van der Waals surface area contributed by atoms with Crippen molar-refractivity contribution in [2.45, 2.75) is 0 Å². The fourth-order valence-corrected chi connectivity index (χ4v) is 4.06. The molecule has 0 spiro atoms. The first-order valence-electron chi connectivity index (χ1n) is 5.05. The van der Waals surface area contributed by atoms with Crippen molar-refractivity contribution < 1.29 is 4.79 Å². The molecule has 0 atom stereocenters. The van der Waals surface area contributed by atoms with Crippen LogP contribution in [0.15, 0.2) is 43.9 Å². The molecule has 0 unspecified atom stereocenters. The SMILES string of the molecule is O=C(Nc1c(Br)cc(Br)cc1Br)c1cccnc1Cl. The number of benzene rings is 1. The van der Waals surface area contributed by atoms with Crippen molar-refractivity contribution in [3.05, 3.63) is 54.6 Å². The zero-order valence-electron chi connectivity index (χ0n) is 9.25. The fraction of sp³-hybridized carbons (Fsp3) is 0. The average Bonchev–Trinajstić information content (AvgIpc) is 2.34. The zero-order chi connectivity index (χ0) is 14.0. The molecule has 19 heavy (non-hydrogen) atoms. The van der Waals surface area contributed by atoms with Gasteiger partial charge in [0.25, 0.3) is 5.91 Å². The molecule has 0 aliphatic heterocycles. The minimum atomic E-state index is -0.318. The molecular weight excluding hydrogens is 463 g/mol. The van der Waals surface area contributed by atoms with Gasteiger partial charge in [-0.15, -0.1) is 0 Å². The number of amides is 1. The van der Waals surface area contributed by atoms with Crippen molar-refractivity contribution in [3.8, 4) is 0 Å². The molecule has 1 aromatic heterocycles. The quantitative estimate of drug-likeness (QED) is 0.609. The van der Waals surface area contributed by atoms with E-state index in [9.17, 15) is 4.79 Å². The number of hydrogen-bond donors (Lipinski definition) is 1. The molecule has 0 saturated carbocycles. The molecule has 0 bridgehead atoms. The van der Waals surface area contributed by atoms with Gasteiger partial charge in [-0.25, -0.2) is 4.98 Å². The molecule has 0 fully saturated rings. The standard InChI is InChI=1S/C12H6Br3ClN2O/c13-6-4-8(14)10(9(15)5-6)18-12(19)7-2-1-3-17-11(7)16/h1-5H,(H,18,19). The predicted octanol–water partition coefficient (Wildman–Crippen LogP) is 5.27. The predicted molar refractivity (Wildman–Crippen MR) is 86.7 cm³/mol. The Balaban J connectivity index is 2.32. The lowest BCUT2D eigenvalue weighted by Gasteiger charge is -2.10. The van der Waals surface area contributed by atoms with Gasteiger partial charge in [0.05, 0.1) is 11.3 Å². The summed E-state index contributed by atoms with van der Waals surface area (Å²) in [4.78, 5) is 16.0. The van der Waals surface area contributed by atoms with E-state index in [1.165, 1.54) is 6.20 Å². The Bertz CT molecular complexity index is 626. The third kappa shape index (κ3) is 3.56. The van der Waals surface area contributed by atoms with Crippen LogP contribution < -0.4 is 5.32 Å². The van der Waals surface area contributed by atoms with E-state index in [-0.39, 0.29) is 11.1 Å². The van der Waals surface area contributed by atoms with Crippen LogP contribution in [0.3, 0.4) is 0 Å². The highest BCUT2D eigenvalue weighted by atomic mass is 79.9. The first kappa shape index (κ1) is 15.0. The van der Waals surface area contributed by atoms with Gasteiger partial charge >= 0.3 is 0 Å². The van der Waals surface area contributed by atoms with E-state index in [0.717, 1.165) is 13.4 Å². The van der Waals surface area contributed by atoms with Crippen LogP contribution in [0.5, 0.6) is 0 Å². The van der Waals surface area contributed by atoms with E-state index >= 15 is 0 Å². The second kappa shape index (κ2) is 6.35. The molecule has 0 aliphatic carbocycles. The Labute approximate surface area is 140 Å². The van der Waals surface area contributed by atoms with E-state index < -0.39 is 0 Å². The van der Waals surface area contributed by atoms with Gasteiger partial charge in [0.1, 0.15) is 5.15 Å². The summed E-state index contributed by atoms with van der Waals surface area (Å²) < 4.78 is 2.40. The Morgan fingerprint density at radius 3 is 2.42 bits per heavy atom. The molecule has 0 radical (unpaired) electrons. The number of pyridine rings is 1. The lowest BCUT2D eigenvalue weighted by Crippen LogP contribution is -2.13. The Hall–Kier alpha value is -0.430. The summed E-state index contributed by atoms with van der Waals surface area (Å²) >= 11 is 16.0. The topological polar surface area (TPSA) is 42.0 Å². The molecule has 3 nitrogen and oxygen atoms in total. The van der Waals surface area contributed by atoms with Crippen molar-refractivity contribution in [3.63, 3.8) is 0 Å². The van der Waals surface area contributed by atoms with E-state index in [1.54, 1.807) is 12.1 Å². The van der Waals surface area contributed by atoms with E-state index in [0.29, 0.717) is 11.3 Å². The largest absolute Gasteiger partial charge is 0.320 e. The molecule has 0 aliphatic rings. The highest BCUT2D eigenvalue weighted by Crippen LogP contribution is 2.34. The van der Waals surface area contributed by atoms with Gasteiger partial charge in [0, 0.05) is 19.6 Å². The third-order valence-electron chi connectivity index (χ3n) is 2.25. The summed E-state index contributed by atoms with van der Waals surface area (Å²) in [6.07, 6.45) is 1.53. The lowest BCUT2D eigenvalue weighted by molar-refractivity contribution is 0.102. The number of nitrogens with zero attached hydrogens (tertiary/aromatic N) is 1. The van der Waals surface area contributed by atoms with Gasteiger partial charge in [-0.1, -0.05) is 27.5 Å². The van der Waals surface area contributed by atoms with Gasteiger partial charge in [-0.3, -0.25) is 4.79 Å². The maximum Gasteiger partial charge on any atom is 0.258 e. The smallest absolute Gasteiger partial charge is 0.258 e. The number of aromatic nitrogens is 1. The molecule has 7 heteroatoms. The monoisotopic (exact) mass is 466 g/mol. The number of carbonyl (C=O) groups excluding carboxylic acids is 1. The number of hydrogen-bond acceptors (Lipinski definition) is 2. The Morgan fingerprint density at radius 2 is 1.84 bits per heavy atom. The first-order chi connectivity index (χ1) is 8.99. The minimum Gasteiger partial charge on any atom is -0.320 e. The molecule has 2 aromatic rings. The van der Waals surface area contributed by atoms with Crippen LogP contribution in [-0.2, 0) is 0 Å². The Morgan fingerprint density at radius 1 is 1.21 bits per heavy atom. The lowest BCUT2D eigenvalue weighted by atomic mass is 10.2. The van der Waals surface area contributed by atoms with Gasteiger partial charge in [0.15, 0.2) is 0 Å². The number of carbonyl (C=O) groups is 1. The molecule has 2 rings (SSSR count). The zero-order valence-corrected chi connectivity index (χ0v) is 14.8. The summed E-state index contributed by atoms with van der Waals surface area (Å²) in [5.41, 5.74) is 0.957. The number of halogens is 4. The molecule has 98 valence electrons. The summed E-state index contributed by atoms with van der Waals surface area (Å²) in [5.74, 6) is -0.318. The van der Waals surface area contributed by atoms with Crippen molar-refractivity contribution in [2.75, 3.05) is 5.32 Å². The van der Waals surface area contributed by atoms with Crippen LogP contribution >= 0.6 is 59.4 Å². The van der Waals surface area contributed by atoms with Crippen LogP contribution in [0, 0.1) is 0 Å².